The quantitative estimate of drug-likeness (QED) is 0.813. The van der Waals surface area contributed by atoms with Crippen molar-refractivity contribution in [3.8, 4) is 5.75 Å². The van der Waals surface area contributed by atoms with Gasteiger partial charge in [0.2, 0.25) is 11.8 Å². The first kappa shape index (κ1) is 17.3. The van der Waals surface area contributed by atoms with Crippen molar-refractivity contribution in [3.63, 3.8) is 0 Å². The smallest absolute Gasteiger partial charge is 0.243 e. The van der Waals surface area contributed by atoms with Gasteiger partial charge in [-0.15, -0.1) is 0 Å². The van der Waals surface area contributed by atoms with Crippen LogP contribution in [0.15, 0.2) is 18.2 Å². The number of carbonyl (C=O) groups excluding carboxylic acids is 2. The summed E-state index contributed by atoms with van der Waals surface area (Å²) in [4.78, 5) is 23.7. The molecule has 21 heavy (non-hydrogen) atoms. The predicted molar refractivity (Wildman–Crippen MR) is 83.7 cm³/mol. The fraction of sp³-hybridized carbons (Fsp3) is 0.467. The summed E-state index contributed by atoms with van der Waals surface area (Å²) in [6.07, 6.45) is 1.51. The fourth-order valence-corrected chi connectivity index (χ4v) is 2.12. The van der Waals surface area contributed by atoms with Crippen molar-refractivity contribution in [1.29, 1.82) is 0 Å². The van der Waals surface area contributed by atoms with Crippen molar-refractivity contribution in [2.24, 2.45) is 5.92 Å². The minimum absolute atomic E-state index is 0.0569. The van der Waals surface area contributed by atoms with Crippen LogP contribution in [0.2, 0.25) is 5.02 Å². The lowest BCUT2D eigenvalue weighted by molar-refractivity contribution is -0.127. The number of methoxy groups -OCH3 is 1. The Bertz CT molecular complexity index is 502. The van der Waals surface area contributed by atoms with E-state index in [0.29, 0.717) is 16.5 Å². The van der Waals surface area contributed by atoms with Gasteiger partial charge in [-0.1, -0.05) is 25.4 Å². The SMILES string of the molecule is CCC(CC)C(=O)NCC(=O)Nc1cc(Cl)ccc1OC. The summed E-state index contributed by atoms with van der Waals surface area (Å²) in [5, 5.41) is 5.79. The van der Waals surface area contributed by atoms with Gasteiger partial charge in [0, 0.05) is 10.9 Å². The highest BCUT2D eigenvalue weighted by Gasteiger charge is 2.15. The number of anilines is 1. The van der Waals surface area contributed by atoms with E-state index >= 15 is 0 Å². The van der Waals surface area contributed by atoms with Gasteiger partial charge < -0.3 is 15.4 Å². The van der Waals surface area contributed by atoms with Crippen LogP contribution in [-0.4, -0.2) is 25.5 Å². The molecule has 0 unspecified atom stereocenters. The first-order valence-corrected chi connectivity index (χ1v) is 7.30. The number of benzene rings is 1. The van der Waals surface area contributed by atoms with E-state index in [1.807, 2.05) is 13.8 Å². The van der Waals surface area contributed by atoms with E-state index < -0.39 is 0 Å². The molecule has 0 aliphatic rings. The zero-order chi connectivity index (χ0) is 15.8. The van der Waals surface area contributed by atoms with E-state index in [1.165, 1.54) is 7.11 Å². The zero-order valence-corrected chi connectivity index (χ0v) is 13.3. The molecule has 5 nitrogen and oxygen atoms in total. The van der Waals surface area contributed by atoms with Gasteiger partial charge in [0.1, 0.15) is 5.75 Å². The van der Waals surface area contributed by atoms with Gasteiger partial charge in [-0.3, -0.25) is 9.59 Å². The van der Waals surface area contributed by atoms with Crippen molar-refractivity contribution in [2.45, 2.75) is 26.7 Å². The molecule has 0 saturated carbocycles. The van der Waals surface area contributed by atoms with Crippen molar-refractivity contribution in [3.05, 3.63) is 23.2 Å². The topological polar surface area (TPSA) is 67.4 Å². The molecule has 1 aromatic rings. The normalized spacial score (nSPS) is 10.3. The molecule has 0 aliphatic carbocycles. The molecule has 6 heteroatoms. The molecule has 0 fully saturated rings. The molecule has 0 saturated heterocycles. The minimum atomic E-state index is -0.324. The fourth-order valence-electron chi connectivity index (χ4n) is 1.94. The molecule has 0 bridgehead atoms. The Labute approximate surface area is 130 Å². The molecule has 116 valence electrons. The van der Waals surface area contributed by atoms with Crippen molar-refractivity contribution in [2.75, 3.05) is 19.0 Å². The van der Waals surface area contributed by atoms with E-state index in [0.717, 1.165) is 12.8 Å². The molecule has 0 radical (unpaired) electrons. The van der Waals surface area contributed by atoms with Gasteiger partial charge in [0.15, 0.2) is 0 Å². The Kier molecular flexibility index (Phi) is 7.02. The van der Waals surface area contributed by atoms with E-state index in [4.69, 9.17) is 16.3 Å². The van der Waals surface area contributed by atoms with Crippen molar-refractivity contribution < 1.29 is 14.3 Å². The minimum Gasteiger partial charge on any atom is -0.495 e. The number of rotatable bonds is 7. The highest BCUT2D eigenvalue weighted by molar-refractivity contribution is 6.31. The van der Waals surface area contributed by atoms with E-state index in [9.17, 15) is 9.59 Å². The van der Waals surface area contributed by atoms with Crippen LogP contribution in [0.5, 0.6) is 5.75 Å². The van der Waals surface area contributed by atoms with Crippen LogP contribution >= 0.6 is 11.6 Å². The van der Waals surface area contributed by atoms with E-state index in [-0.39, 0.29) is 24.3 Å². The summed E-state index contributed by atoms with van der Waals surface area (Å²) in [7, 11) is 1.51. The van der Waals surface area contributed by atoms with Crippen LogP contribution < -0.4 is 15.4 Å². The number of ether oxygens (including phenoxy) is 1. The Morgan fingerprint density at radius 1 is 1.29 bits per heavy atom. The van der Waals surface area contributed by atoms with Gasteiger partial charge >= 0.3 is 0 Å². The average molecular weight is 313 g/mol. The summed E-state index contributed by atoms with van der Waals surface area (Å²) in [5.41, 5.74) is 0.479. The molecule has 2 amide bonds. The van der Waals surface area contributed by atoms with Gasteiger partial charge in [0.25, 0.3) is 0 Å². The lowest BCUT2D eigenvalue weighted by Crippen LogP contribution is -2.36. The van der Waals surface area contributed by atoms with E-state index in [2.05, 4.69) is 10.6 Å². The number of hydrogen-bond donors (Lipinski definition) is 2. The third-order valence-corrected chi connectivity index (χ3v) is 3.45. The number of halogens is 1. The molecule has 0 spiro atoms. The van der Waals surface area contributed by atoms with Gasteiger partial charge in [-0.2, -0.15) is 0 Å². The second-order valence-corrected chi connectivity index (χ2v) is 5.06. The van der Waals surface area contributed by atoms with Crippen LogP contribution in [0.1, 0.15) is 26.7 Å². The second kappa shape index (κ2) is 8.52. The lowest BCUT2D eigenvalue weighted by Gasteiger charge is -2.14. The van der Waals surface area contributed by atoms with Gasteiger partial charge in [-0.05, 0) is 31.0 Å². The maximum Gasteiger partial charge on any atom is 0.243 e. The molecule has 0 heterocycles. The Morgan fingerprint density at radius 2 is 1.95 bits per heavy atom. The summed E-state index contributed by atoms with van der Waals surface area (Å²) < 4.78 is 5.14. The van der Waals surface area contributed by atoms with Crippen molar-refractivity contribution in [1.82, 2.24) is 5.32 Å². The summed E-state index contributed by atoms with van der Waals surface area (Å²) in [6, 6.07) is 4.94. The molecule has 1 aromatic carbocycles. The Hall–Kier alpha value is -1.75. The Balaban J connectivity index is 2.58. The molecule has 1 rings (SSSR count). The van der Waals surface area contributed by atoms with Crippen LogP contribution in [-0.2, 0) is 9.59 Å². The molecule has 0 aromatic heterocycles. The first-order valence-electron chi connectivity index (χ1n) is 6.92. The largest absolute Gasteiger partial charge is 0.495 e. The van der Waals surface area contributed by atoms with Gasteiger partial charge in [-0.25, -0.2) is 0 Å². The highest BCUT2D eigenvalue weighted by atomic mass is 35.5. The monoisotopic (exact) mass is 312 g/mol. The molecular formula is C15H21ClN2O3. The maximum atomic E-state index is 11.9. The lowest BCUT2D eigenvalue weighted by atomic mass is 10.0. The van der Waals surface area contributed by atoms with Crippen LogP contribution in [0.3, 0.4) is 0 Å². The Morgan fingerprint density at radius 3 is 2.52 bits per heavy atom. The second-order valence-electron chi connectivity index (χ2n) is 4.62. The standard InChI is InChI=1S/C15H21ClN2O3/c1-4-10(5-2)15(20)17-9-14(19)18-12-8-11(16)6-7-13(12)21-3/h6-8,10H,4-5,9H2,1-3H3,(H,17,20)(H,18,19). The summed E-state index contributed by atoms with van der Waals surface area (Å²) in [6.45, 7) is 3.82. The molecular weight excluding hydrogens is 292 g/mol. The van der Waals surface area contributed by atoms with Crippen LogP contribution in [0, 0.1) is 5.92 Å². The van der Waals surface area contributed by atoms with Crippen LogP contribution in [0.25, 0.3) is 0 Å². The van der Waals surface area contributed by atoms with Gasteiger partial charge in [0.05, 0.1) is 19.3 Å². The first-order chi connectivity index (χ1) is 10.0. The third-order valence-electron chi connectivity index (χ3n) is 3.22. The van der Waals surface area contributed by atoms with Crippen molar-refractivity contribution >= 4 is 29.1 Å². The number of carbonyl (C=O) groups is 2. The number of amides is 2. The zero-order valence-electron chi connectivity index (χ0n) is 12.5. The maximum absolute atomic E-state index is 11.9. The number of nitrogens with one attached hydrogen (secondary N) is 2. The third kappa shape index (κ3) is 5.27. The summed E-state index contributed by atoms with van der Waals surface area (Å²) >= 11 is 5.89. The number of hydrogen-bond acceptors (Lipinski definition) is 3. The molecule has 2 N–H and O–H groups in total. The average Bonchev–Trinajstić information content (AvgIpc) is 2.46. The van der Waals surface area contributed by atoms with Crippen LogP contribution in [0.4, 0.5) is 5.69 Å². The van der Waals surface area contributed by atoms with E-state index in [1.54, 1.807) is 18.2 Å². The molecule has 0 atom stereocenters. The highest BCUT2D eigenvalue weighted by Crippen LogP contribution is 2.27. The summed E-state index contributed by atoms with van der Waals surface area (Å²) in [5.74, 6) is 0.0284. The predicted octanol–water partition coefficient (Wildman–Crippen LogP) is 2.84. The molecule has 0 aliphatic heterocycles.